The van der Waals surface area contributed by atoms with Gasteiger partial charge in [-0.2, -0.15) is 0 Å². The lowest BCUT2D eigenvalue weighted by atomic mass is 10.1. The summed E-state index contributed by atoms with van der Waals surface area (Å²) in [5.41, 5.74) is 6.67. The molecule has 0 aliphatic carbocycles. The SMILES string of the molecule is COc1ccc(C(=O)N(C)CC(C)C)cc1C#CCN. The van der Waals surface area contributed by atoms with Gasteiger partial charge in [0.15, 0.2) is 0 Å². The molecule has 0 bridgehead atoms. The molecule has 4 nitrogen and oxygen atoms in total. The predicted molar refractivity (Wildman–Crippen MR) is 80.7 cm³/mol. The fourth-order valence-electron chi connectivity index (χ4n) is 1.94. The van der Waals surface area contributed by atoms with Gasteiger partial charge in [-0.15, -0.1) is 0 Å². The van der Waals surface area contributed by atoms with E-state index < -0.39 is 0 Å². The second-order valence-corrected chi connectivity index (χ2v) is 5.00. The zero-order chi connectivity index (χ0) is 15.1. The molecule has 0 fully saturated rings. The molecule has 1 rings (SSSR count). The summed E-state index contributed by atoms with van der Waals surface area (Å²) in [4.78, 5) is 14.0. The summed E-state index contributed by atoms with van der Waals surface area (Å²) in [6, 6.07) is 5.27. The number of nitrogens with zero attached hydrogens (tertiary/aromatic N) is 1. The molecule has 1 aromatic rings. The maximum atomic E-state index is 12.3. The van der Waals surface area contributed by atoms with Crippen molar-refractivity contribution >= 4 is 5.91 Å². The summed E-state index contributed by atoms with van der Waals surface area (Å²) in [5.74, 6) is 6.77. The molecule has 0 atom stereocenters. The third-order valence-electron chi connectivity index (χ3n) is 2.76. The van der Waals surface area contributed by atoms with E-state index in [1.165, 1.54) is 0 Å². The van der Waals surface area contributed by atoms with Gasteiger partial charge in [-0.1, -0.05) is 25.7 Å². The molecule has 2 N–H and O–H groups in total. The molecule has 0 radical (unpaired) electrons. The minimum Gasteiger partial charge on any atom is -0.495 e. The van der Waals surface area contributed by atoms with Gasteiger partial charge in [-0.05, 0) is 24.1 Å². The monoisotopic (exact) mass is 274 g/mol. The number of hydrogen-bond donors (Lipinski definition) is 1. The molecule has 0 heterocycles. The van der Waals surface area contributed by atoms with Crippen LogP contribution in [0.4, 0.5) is 0 Å². The van der Waals surface area contributed by atoms with Crippen molar-refractivity contribution in [2.75, 3.05) is 27.2 Å². The van der Waals surface area contributed by atoms with Gasteiger partial charge in [0.25, 0.3) is 5.91 Å². The first-order chi connectivity index (χ1) is 9.49. The number of rotatable bonds is 4. The largest absolute Gasteiger partial charge is 0.495 e. The highest BCUT2D eigenvalue weighted by atomic mass is 16.5. The Hall–Kier alpha value is -1.99. The Bertz CT molecular complexity index is 527. The summed E-state index contributed by atoms with van der Waals surface area (Å²) < 4.78 is 5.23. The molecular formula is C16H22N2O2. The van der Waals surface area contributed by atoms with Crippen LogP contribution in [0.25, 0.3) is 0 Å². The van der Waals surface area contributed by atoms with Crippen LogP contribution >= 0.6 is 0 Å². The second-order valence-electron chi connectivity index (χ2n) is 5.00. The summed E-state index contributed by atoms with van der Waals surface area (Å²) >= 11 is 0. The van der Waals surface area contributed by atoms with Crippen LogP contribution in [0.15, 0.2) is 18.2 Å². The van der Waals surface area contributed by atoms with Crippen LogP contribution in [0.5, 0.6) is 5.75 Å². The van der Waals surface area contributed by atoms with Gasteiger partial charge in [0.2, 0.25) is 0 Å². The Morgan fingerprint density at radius 1 is 1.45 bits per heavy atom. The molecule has 0 aliphatic heterocycles. The highest BCUT2D eigenvalue weighted by molar-refractivity contribution is 5.94. The van der Waals surface area contributed by atoms with Crippen LogP contribution in [0.2, 0.25) is 0 Å². The minimum atomic E-state index is -0.0165. The van der Waals surface area contributed by atoms with Crippen molar-refractivity contribution in [3.05, 3.63) is 29.3 Å². The predicted octanol–water partition coefficient (Wildman–Crippen LogP) is 1.73. The van der Waals surface area contributed by atoms with Gasteiger partial charge < -0.3 is 15.4 Å². The molecule has 108 valence electrons. The normalized spacial score (nSPS) is 9.90. The van der Waals surface area contributed by atoms with Crippen molar-refractivity contribution in [3.8, 4) is 17.6 Å². The number of nitrogens with two attached hydrogens (primary N) is 1. The Labute approximate surface area is 120 Å². The lowest BCUT2D eigenvalue weighted by Gasteiger charge is -2.19. The number of benzene rings is 1. The number of carbonyl (C=O) groups is 1. The number of amides is 1. The highest BCUT2D eigenvalue weighted by Crippen LogP contribution is 2.19. The standard InChI is InChI=1S/C16H22N2O2/c1-12(2)11-18(3)16(19)14-7-8-15(20-4)13(10-14)6-5-9-17/h7-8,10,12H,9,11,17H2,1-4H3. The van der Waals surface area contributed by atoms with E-state index in [0.29, 0.717) is 29.3 Å². The minimum absolute atomic E-state index is 0.0165. The summed E-state index contributed by atoms with van der Waals surface area (Å²) in [6.07, 6.45) is 0. The van der Waals surface area contributed by atoms with E-state index in [0.717, 1.165) is 0 Å². The zero-order valence-electron chi connectivity index (χ0n) is 12.6. The zero-order valence-corrected chi connectivity index (χ0v) is 12.6. The average molecular weight is 274 g/mol. The van der Waals surface area contributed by atoms with E-state index in [1.54, 1.807) is 37.3 Å². The fraction of sp³-hybridized carbons (Fsp3) is 0.438. The lowest BCUT2D eigenvalue weighted by Crippen LogP contribution is -2.30. The summed E-state index contributed by atoms with van der Waals surface area (Å²) in [6.45, 7) is 5.15. The molecular weight excluding hydrogens is 252 g/mol. The smallest absolute Gasteiger partial charge is 0.253 e. The molecule has 0 spiro atoms. The number of ether oxygens (including phenoxy) is 1. The van der Waals surface area contributed by atoms with Crippen LogP contribution < -0.4 is 10.5 Å². The van der Waals surface area contributed by atoms with Gasteiger partial charge >= 0.3 is 0 Å². The molecule has 0 aliphatic rings. The molecule has 1 amide bonds. The van der Waals surface area contributed by atoms with E-state index in [4.69, 9.17) is 10.5 Å². The van der Waals surface area contributed by atoms with Gasteiger partial charge in [0.1, 0.15) is 5.75 Å². The number of hydrogen-bond acceptors (Lipinski definition) is 3. The maximum Gasteiger partial charge on any atom is 0.253 e. The number of methoxy groups -OCH3 is 1. The van der Waals surface area contributed by atoms with Gasteiger partial charge in [-0.3, -0.25) is 4.79 Å². The van der Waals surface area contributed by atoms with Crippen molar-refractivity contribution in [2.24, 2.45) is 11.7 Å². The van der Waals surface area contributed by atoms with E-state index in [1.807, 2.05) is 0 Å². The van der Waals surface area contributed by atoms with Gasteiger partial charge in [-0.25, -0.2) is 0 Å². The van der Waals surface area contributed by atoms with Crippen LogP contribution in [0.3, 0.4) is 0 Å². The van der Waals surface area contributed by atoms with Crippen LogP contribution in [-0.2, 0) is 0 Å². The van der Waals surface area contributed by atoms with E-state index in [2.05, 4.69) is 25.7 Å². The Morgan fingerprint density at radius 3 is 2.70 bits per heavy atom. The Balaban J connectivity index is 3.04. The summed E-state index contributed by atoms with van der Waals surface area (Å²) in [5, 5.41) is 0. The van der Waals surface area contributed by atoms with E-state index in [-0.39, 0.29) is 12.5 Å². The van der Waals surface area contributed by atoms with Gasteiger partial charge in [0.05, 0.1) is 19.2 Å². The van der Waals surface area contributed by atoms with Crippen LogP contribution in [0, 0.1) is 17.8 Å². The van der Waals surface area contributed by atoms with Crippen molar-refractivity contribution < 1.29 is 9.53 Å². The quantitative estimate of drug-likeness (QED) is 0.851. The first-order valence-electron chi connectivity index (χ1n) is 6.62. The number of carbonyl (C=O) groups excluding carboxylic acids is 1. The first kappa shape index (κ1) is 16.1. The Kier molecular flexibility index (Phi) is 6.08. The molecule has 1 aromatic carbocycles. The summed E-state index contributed by atoms with van der Waals surface area (Å²) in [7, 11) is 3.38. The molecule has 4 heteroatoms. The maximum absolute atomic E-state index is 12.3. The topological polar surface area (TPSA) is 55.6 Å². The van der Waals surface area contributed by atoms with Crippen molar-refractivity contribution in [2.45, 2.75) is 13.8 Å². The second kappa shape index (κ2) is 7.56. The molecule has 0 aromatic heterocycles. The third-order valence-corrected chi connectivity index (χ3v) is 2.76. The van der Waals surface area contributed by atoms with Crippen LogP contribution in [-0.4, -0.2) is 38.1 Å². The van der Waals surface area contributed by atoms with E-state index >= 15 is 0 Å². The highest BCUT2D eigenvalue weighted by Gasteiger charge is 2.14. The Morgan fingerprint density at radius 2 is 2.15 bits per heavy atom. The average Bonchev–Trinajstić information content (AvgIpc) is 2.43. The lowest BCUT2D eigenvalue weighted by molar-refractivity contribution is 0.0779. The van der Waals surface area contributed by atoms with Crippen molar-refractivity contribution in [3.63, 3.8) is 0 Å². The van der Waals surface area contributed by atoms with Gasteiger partial charge in [0, 0.05) is 19.2 Å². The molecule has 0 saturated carbocycles. The molecule has 20 heavy (non-hydrogen) atoms. The van der Waals surface area contributed by atoms with Crippen LogP contribution in [0.1, 0.15) is 29.8 Å². The third kappa shape index (κ3) is 4.29. The molecule has 0 unspecified atom stereocenters. The van der Waals surface area contributed by atoms with Crippen molar-refractivity contribution in [1.29, 1.82) is 0 Å². The van der Waals surface area contributed by atoms with Crippen molar-refractivity contribution in [1.82, 2.24) is 4.90 Å². The van der Waals surface area contributed by atoms with E-state index in [9.17, 15) is 4.79 Å². The first-order valence-corrected chi connectivity index (χ1v) is 6.62. The molecule has 0 saturated heterocycles. The fourth-order valence-corrected chi connectivity index (χ4v) is 1.94.